The number of nitrogens with zero attached hydrogens (tertiary/aromatic N) is 4. The van der Waals surface area contributed by atoms with Gasteiger partial charge in [-0.25, -0.2) is 8.94 Å². The molecule has 26 heavy (non-hydrogen) atoms. The van der Waals surface area contributed by atoms with Crippen molar-refractivity contribution in [2.75, 3.05) is 11.4 Å². The lowest BCUT2D eigenvalue weighted by atomic mass is 10.1. The highest BCUT2D eigenvalue weighted by Gasteiger charge is 2.24. The molecule has 0 spiro atoms. The summed E-state index contributed by atoms with van der Waals surface area (Å²) in [5.74, 6) is 0. The second-order valence-corrected chi connectivity index (χ2v) is 7.64. The van der Waals surface area contributed by atoms with E-state index < -0.39 is 0 Å². The SMILES string of the molecule is Cc1nc2sn(CN3CCc4ccc([N+](=O)[O-])cc43)c(=O)c2c(C)c1C. The third-order valence-corrected chi connectivity index (χ3v) is 6.14. The van der Waals surface area contributed by atoms with Gasteiger partial charge < -0.3 is 4.90 Å². The smallest absolute Gasteiger partial charge is 0.272 e. The Morgan fingerprint density at radius 2 is 2.04 bits per heavy atom. The van der Waals surface area contributed by atoms with E-state index in [0.717, 1.165) is 45.9 Å². The lowest BCUT2D eigenvalue weighted by molar-refractivity contribution is -0.384. The predicted molar refractivity (Wildman–Crippen MR) is 102 cm³/mol. The van der Waals surface area contributed by atoms with Crippen molar-refractivity contribution in [3.05, 3.63) is 61.1 Å². The molecule has 4 rings (SSSR count). The summed E-state index contributed by atoms with van der Waals surface area (Å²) in [7, 11) is 0. The average molecular weight is 370 g/mol. The number of pyridine rings is 1. The highest BCUT2D eigenvalue weighted by atomic mass is 32.1. The first-order chi connectivity index (χ1) is 12.4. The van der Waals surface area contributed by atoms with Gasteiger partial charge in [-0.15, -0.1) is 0 Å². The molecule has 0 fully saturated rings. The van der Waals surface area contributed by atoms with Gasteiger partial charge in [0.15, 0.2) is 0 Å². The first kappa shape index (κ1) is 16.7. The third-order valence-electron chi connectivity index (χ3n) is 5.17. The van der Waals surface area contributed by atoms with Crippen LogP contribution in [-0.4, -0.2) is 20.4 Å². The minimum absolute atomic E-state index is 0.0445. The second kappa shape index (κ2) is 5.91. The van der Waals surface area contributed by atoms with Crippen LogP contribution in [0.4, 0.5) is 11.4 Å². The van der Waals surface area contributed by atoms with Gasteiger partial charge in [-0.05, 0) is 55.4 Å². The van der Waals surface area contributed by atoms with Gasteiger partial charge in [0.1, 0.15) is 11.5 Å². The summed E-state index contributed by atoms with van der Waals surface area (Å²) in [5.41, 5.74) is 4.89. The van der Waals surface area contributed by atoms with Crippen molar-refractivity contribution in [2.24, 2.45) is 0 Å². The second-order valence-electron chi connectivity index (χ2n) is 6.63. The van der Waals surface area contributed by atoms with Crippen LogP contribution in [0.2, 0.25) is 0 Å². The van der Waals surface area contributed by atoms with E-state index in [9.17, 15) is 14.9 Å². The number of nitro benzene ring substituents is 1. The summed E-state index contributed by atoms with van der Waals surface area (Å²) in [6.07, 6.45) is 0.822. The minimum atomic E-state index is -0.388. The molecule has 0 saturated heterocycles. The van der Waals surface area contributed by atoms with Crippen LogP contribution in [0.15, 0.2) is 23.0 Å². The summed E-state index contributed by atoms with van der Waals surface area (Å²) in [6.45, 7) is 7.01. The Labute approximate surface area is 153 Å². The van der Waals surface area contributed by atoms with Gasteiger partial charge in [0.05, 0.1) is 10.3 Å². The fourth-order valence-electron chi connectivity index (χ4n) is 3.44. The molecular formula is C18H18N4O3S. The van der Waals surface area contributed by atoms with Gasteiger partial charge in [0.25, 0.3) is 11.2 Å². The van der Waals surface area contributed by atoms with Crippen LogP contribution in [0.3, 0.4) is 0 Å². The van der Waals surface area contributed by atoms with Crippen molar-refractivity contribution in [3.63, 3.8) is 0 Å². The van der Waals surface area contributed by atoms with E-state index in [1.54, 1.807) is 16.1 Å². The summed E-state index contributed by atoms with van der Waals surface area (Å²) in [4.78, 5) is 30.9. The van der Waals surface area contributed by atoms with Gasteiger partial charge in [-0.3, -0.25) is 14.9 Å². The summed E-state index contributed by atoms with van der Waals surface area (Å²) < 4.78 is 1.69. The summed E-state index contributed by atoms with van der Waals surface area (Å²) in [5, 5.41) is 11.7. The molecule has 0 radical (unpaired) electrons. The first-order valence-electron chi connectivity index (χ1n) is 8.36. The number of aromatic nitrogens is 2. The standard InChI is InChI=1S/C18H18N4O3S/c1-10-11(2)16-17(19-12(10)3)26-21(18(16)23)9-20-7-6-13-4-5-14(22(24)25)8-15(13)20/h4-5,8H,6-7,9H2,1-3H3. The molecule has 0 amide bonds. The molecule has 1 aliphatic rings. The van der Waals surface area contributed by atoms with E-state index in [-0.39, 0.29) is 16.2 Å². The molecule has 0 bridgehead atoms. The Bertz CT molecular complexity index is 1120. The maximum Gasteiger partial charge on any atom is 0.272 e. The van der Waals surface area contributed by atoms with Crippen LogP contribution < -0.4 is 10.5 Å². The number of nitro groups is 1. The Morgan fingerprint density at radius 3 is 2.77 bits per heavy atom. The molecule has 0 unspecified atom stereocenters. The number of hydrogen-bond acceptors (Lipinski definition) is 6. The zero-order chi connectivity index (χ0) is 18.6. The van der Waals surface area contributed by atoms with Gasteiger partial charge in [-0.2, -0.15) is 0 Å². The van der Waals surface area contributed by atoms with Crippen LogP contribution >= 0.6 is 11.5 Å². The number of non-ortho nitro benzene ring substituents is 1. The van der Waals surface area contributed by atoms with E-state index in [2.05, 4.69) is 4.98 Å². The van der Waals surface area contributed by atoms with Crippen molar-refractivity contribution in [2.45, 2.75) is 33.9 Å². The molecule has 8 heteroatoms. The van der Waals surface area contributed by atoms with E-state index in [0.29, 0.717) is 12.1 Å². The van der Waals surface area contributed by atoms with Crippen LogP contribution in [-0.2, 0) is 13.1 Å². The zero-order valence-corrected chi connectivity index (χ0v) is 15.6. The number of benzene rings is 1. The maximum absolute atomic E-state index is 12.9. The number of rotatable bonds is 3. The molecule has 3 aromatic rings. The van der Waals surface area contributed by atoms with Crippen molar-refractivity contribution < 1.29 is 4.92 Å². The molecule has 0 N–H and O–H groups in total. The Balaban J connectivity index is 1.75. The normalized spacial score (nSPS) is 13.4. The molecular weight excluding hydrogens is 352 g/mol. The van der Waals surface area contributed by atoms with Crippen LogP contribution in [0, 0.1) is 30.9 Å². The monoisotopic (exact) mass is 370 g/mol. The van der Waals surface area contributed by atoms with Crippen LogP contribution in [0.1, 0.15) is 22.4 Å². The summed E-state index contributed by atoms with van der Waals surface area (Å²) in [6, 6.07) is 4.94. The molecule has 134 valence electrons. The van der Waals surface area contributed by atoms with Gasteiger partial charge in [0, 0.05) is 30.1 Å². The molecule has 3 heterocycles. The van der Waals surface area contributed by atoms with Crippen molar-refractivity contribution in [3.8, 4) is 0 Å². The van der Waals surface area contributed by atoms with E-state index in [1.165, 1.54) is 17.6 Å². The van der Waals surface area contributed by atoms with Crippen molar-refractivity contribution in [1.82, 2.24) is 8.94 Å². The fourth-order valence-corrected chi connectivity index (χ4v) is 4.53. The molecule has 0 atom stereocenters. The molecule has 0 aliphatic carbocycles. The lowest BCUT2D eigenvalue weighted by Gasteiger charge is -2.18. The topological polar surface area (TPSA) is 81.3 Å². The number of aryl methyl sites for hydroxylation is 2. The Kier molecular flexibility index (Phi) is 3.80. The molecule has 0 saturated carbocycles. The minimum Gasteiger partial charge on any atom is -0.352 e. The Morgan fingerprint density at radius 1 is 1.27 bits per heavy atom. The van der Waals surface area contributed by atoms with Crippen molar-refractivity contribution in [1.29, 1.82) is 0 Å². The number of hydrogen-bond donors (Lipinski definition) is 0. The van der Waals surface area contributed by atoms with E-state index in [1.807, 2.05) is 25.7 Å². The van der Waals surface area contributed by atoms with Crippen LogP contribution in [0.25, 0.3) is 10.2 Å². The van der Waals surface area contributed by atoms with Crippen molar-refractivity contribution >= 4 is 33.1 Å². The third kappa shape index (κ3) is 2.48. The van der Waals surface area contributed by atoms with E-state index in [4.69, 9.17) is 0 Å². The first-order valence-corrected chi connectivity index (χ1v) is 9.14. The largest absolute Gasteiger partial charge is 0.352 e. The number of anilines is 1. The van der Waals surface area contributed by atoms with E-state index >= 15 is 0 Å². The average Bonchev–Trinajstić information content (AvgIpc) is 3.14. The molecule has 1 aromatic carbocycles. The summed E-state index contributed by atoms with van der Waals surface area (Å²) >= 11 is 1.35. The predicted octanol–water partition coefficient (Wildman–Crippen LogP) is 3.31. The lowest BCUT2D eigenvalue weighted by Crippen LogP contribution is -2.28. The highest BCUT2D eigenvalue weighted by molar-refractivity contribution is 7.13. The molecule has 2 aromatic heterocycles. The van der Waals surface area contributed by atoms with Gasteiger partial charge in [0.2, 0.25) is 0 Å². The van der Waals surface area contributed by atoms with Gasteiger partial charge in [-0.1, -0.05) is 6.07 Å². The number of fused-ring (bicyclic) bond motifs is 2. The molecule has 7 nitrogen and oxygen atoms in total. The fraction of sp³-hybridized carbons (Fsp3) is 0.333. The van der Waals surface area contributed by atoms with Crippen LogP contribution in [0.5, 0.6) is 0 Å². The highest BCUT2D eigenvalue weighted by Crippen LogP contribution is 2.32. The maximum atomic E-state index is 12.9. The Hall–Kier alpha value is -2.74. The molecule has 1 aliphatic heterocycles. The zero-order valence-electron chi connectivity index (χ0n) is 14.8. The quantitative estimate of drug-likeness (QED) is 0.522. The van der Waals surface area contributed by atoms with Gasteiger partial charge >= 0.3 is 0 Å².